The minimum atomic E-state index is -1.58. The highest BCUT2D eigenvalue weighted by molar-refractivity contribution is 7.81. The highest BCUT2D eigenvalue weighted by Gasteiger charge is 2.23. The van der Waals surface area contributed by atoms with Crippen molar-refractivity contribution >= 4 is 29.3 Å². The molecule has 0 aliphatic carbocycles. The second-order valence-electron chi connectivity index (χ2n) is 7.58. The Morgan fingerprint density at radius 2 is 1.35 bits per heavy atom. The first-order chi connectivity index (χ1) is 8.89. The van der Waals surface area contributed by atoms with Crippen LogP contribution in [0.15, 0.2) is 12.1 Å². The summed E-state index contributed by atoms with van der Waals surface area (Å²) in [4.78, 5) is 0. The number of hydrogen-bond acceptors (Lipinski definition) is 1. The topological polar surface area (TPSA) is 9.23 Å². The Labute approximate surface area is 128 Å². The van der Waals surface area contributed by atoms with Gasteiger partial charge in [0.25, 0.3) is 0 Å². The Hall–Kier alpha value is -0.216. The minimum Gasteiger partial charge on any atom is -0.382 e. The predicted octanol–water partition coefficient (Wildman–Crippen LogP) is 5.72. The highest BCUT2D eigenvalue weighted by Crippen LogP contribution is 2.28. The van der Waals surface area contributed by atoms with Crippen LogP contribution >= 0.6 is 7.75 Å². The van der Waals surface area contributed by atoms with Gasteiger partial charge in [-0.3, -0.25) is 0 Å². The van der Waals surface area contributed by atoms with E-state index in [0.717, 1.165) is 0 Å². The van der Waals surface area contributed by atoms with Gasteiger partial charge in [-0.05, 0) is 51.5 Å². The van der Waals surface area contributed by atoms with Crippen molar-refractivity contribution in [2.75, 3.05) is 0 Å². The third kappa shape index (κ3) is 5.65. The zero-order valence-electron chi connectivity index (χ0n) is 14.5. The molecular formula is C16H29OPSi2. The maximum Gasteiger partial charge on any atom is 0.192 e. The third-order valence-electron chi connectivity index (χ3n) is 2.73. The second-order valence-corrected chi connectivity index (χ2v) is 21.7. The Morgan fingerprint density at radius 1 is 0.900 bits per heavy atom. The van der Waals surface area contributed by atoms with Crippen molar-refractivity contribution in [3.05, 3.63) is 34.4 Å². The van der Waals surface area contributed by atoms with Crippen LogP contribution in [-0.4, -0.2) is 21.5 Å². The Kier molecular flexibility index (Phi) is 5.59. The maximum absolute atomic E-state index is 6.48. The maximum atomic E-state index is 6.48. The largest absolute Gasteiger partial charge is 0.382 e. The first kappa shape index (κ1) is 17.8. The third-order valence-corrected chi connectivity index (χ3v) is 7.53. The minimum absolute atomic E-state index is 1.22. The van der Waals surface area contributed by atoms with Crippen molar-refractivity contribution in [3.63, 3.8) is 0 Å². The summed E-state index contributed by atoms with van der Waals surface area (Å²) in [6, 6.07) is 4.55. The summed E-state index contributed by atoms with van der Waals surface area (Å²) in [5.41, 5.74) is 6.60. The van der Waals surface area contributed by atoms with Crippen molar-refractivity contribution in [1.82, 2.24) is 0 Å². The van der Waals surface area contributed by atoms with Crippen LogP contribution in [0.1, 0.15) is 22.3 Å². The molecule has 1 rings (SSSR count). The number of benzene rings is 1. The van der Waals surface area contributed by atoms with E-state index in [1.54, 1.807) is 0 Å². The standard InChI is InChI=1S/C16H29OPSi2/c1-12-10-13(2)15(14(3)11-12)16(17-19(4,5)6)18-20(7,8)9/h10-11H,1-9H3. The molecule has 0 heterocycles. The van der Waals surface area contributed by atoms with Crippen molar-refractivity contribution < 1.29 is 4.43 Å². The smallest absolute Gasteiger partial charge is 0.192 e. The van der Waals surface area contributed by atoms with E-state index in [4.69, 9.17) is 4.43 Å². The van der Waals surface area contributed by atoms with Gasteiger partial charge in [0.05, 0.1) is 5.48 Å². The molecule has 0 aromatic heterocycles. The van der Waals surface area contributed by atoms with Crippen LogP contribution in [-0.2, 0) is 4.43 Å². The van der Waals surface area contributed by atoms with Gasteiger partial charge in [0.2, 0.25) is 0 Å². The van der Waals surface area contributed by atoms with E-state index in [9.17, 15) is 0 Å². The van der Waals surface area contributed by atoms with E-state index in [-0.39, 0.29) is 0 Å². The molecule has 0 fully saturated rings. The summed E-state index contributed by atoms with van der Waals surface area (Å²) < 4.78 is 6.48. The molecule has 0 N–H and O–H groups in total. The summed E-state index contributed by atoms with van der Waals surface area (Å²) in [5, 5.41) is 0. The van der Waals surface area contributed by atoms with Gasteiger partial charge in [-0.1, -0.05) is 45.1 Å². The molecule has 0 saturated carbocycles. The normalized spacial score (nSPS) is 13.8. The van der Waals surface area contributed by atoms with Crippen molar-refractivity contribution in [2.24, 2.45) is 0 Å². The lowest BCUT2D eigenvalue weighted by atomic mass is 10.0. The average molecular weight is 325 g/mol. The van der Waals surface area contributed by atoms with E-state index in [2.05, 4.69) is 72.2 Å². The van der Waals surface area contributed by atoms with E-state index in [1.807, 2.05) is 0 Å². The van der Waals surface area contributed by atoms with Gasteiger partial charge in [-0.15, -0.1) is 0 Å². The van der Waals surface area contributed by atoms with Gasteiger partial charge in [0.1, 0.15) is 7.74 Å². The van der Waals surface area contributed by atoms with Gasteiger partial charge < -0.3 is 4.43 Å². The zero-order valence-corrected chi connectivity index (χ0v) is 17.4. The van der Waals surface area contributed by atoms with Crippen molar-refractivity contribution in [2.45, 2.75) is 60.1 Å². The molecule has 0 aliphatic rings. The van der Waals surface area contributed by atoms with Gasteiger partial charge in [-0.2, -0.15) is 0 Å². The van der Waals surface area contributed by atoms with E-state index in [0.29, 0.717) is 0 Å². The monoisotopic (exact) mass is 324 g/mol. The van der Waals surface area contributed by atoms with Gasteiger partial charge >= 0.3 is 0 Å². The molecule has 0 unspecified atom stereocenters. The number of hydrogen-bond donors (Lipinski definition) is 0. The number of rotatable bonds is 4. The Morgan fingerprint density at radius 3 is 1.70 bits per heavy atom. The first-order valence-electron chi connectivity index (χ1n) is 7.26. The molecule has 0 amide bonds. The van der Waals surface area contributed by atoms with E-state index in [1.165, 1.54) is 35.5 Å². The molecule has 0 bridgehead atoms. The SMILES string of the molecule is Cc1cc(C)c(C(O[Si](C)(C)C)=P[Si](C)(C)C)c(C)c1. The fourth-order valence-corrected chi connectivity index (χ4v) is 7.58. The molecule has 0 atom stereocenters. The lowest BCUT2D eigenvalue weighted by Crippen LogP contribution is -2.30. The molecule has 0 aliphatic heterocycles. The van der Waals surface area contributed by atoms with Crippen molar-refractivity contribution in [3.8, 4) is 0 Å². The Balaban J connectivity index is 3.43. The fraction of sp³-hybridized carbons (Fsp3) is 0.562. The number of aryl methyl sites for hydroxylation is 3. The van der Waals surface area contributed by atoms with Crippen LogP contribution in [0.3, 0.4) is 0 Å². The van der Waals surface area contributed by atoms with E-state index >= 15 is 0 Å². The fourth-order valence-electron chi connectivity index (χ4n) is 2.24. The van der Waals surface area contributed by atoms with Crippen LogP contribution in [0, 0.1) is 20.8 Å². The highest BCUT2D eigenvalue weighted by atomic mass is 31.3. The summed E-state index contributed by atoms with van der Waals surface area (Å²) in [7, 11) is -1.40. The molecule has 0 saturated heterocycles. The Bertz CT molecular complexity index is 499. The molecule has 4 heteroatoms. The summed E-state index contributed by atoms with van der Waals surface area (Å²) in [6.45, 7) is 20.6. The van der Waals surface area contributed by atoms with Crippen LogP contribution in [0.5, 0.6) is 0 Å². The van der Waals surface area contributed by atoms with Crippen LogP contribution in [0.2, 0.25) is 39.3 Å². The van der Waals surface area contributed by atoms with Gasteiger partial charge in [0, 0.05) is 5.56 Å². The van der Waals surface area contributed by atoms with Crippen LogP contribution < -0.4 is 0 Å². The lowest BCUT2D eigenvalue weighted by Gasteiger charge is -2.24. The molecule has 1 aromatic carbocycles. The van der Waals surface area contributed by atoms with E-state index < -0.39 is 16.1 Å². The lowest BCUT2D eigenvalue weighted by molar-refractivity contribution is 0.567. The summed E-state index contributed by atoms with van der Waals surface area (Å²) >= 11 is 0. The molecule has 20 heavy (non-hydrogen) atoms. The molecule has 0 radical (unpaired) electrons. The second kappa shape index (κ2) is 6.27. The predicted molar refractivity (Wildman–Crippen MR) is 99.5 cm³/mol. The molecule has 1 aromatic rings. The van der Waals surface area contributed by atoms with Gasteiger partial charge in [-0.25, -0.2) is 0 Å². The van der Waals surface area contributed by atoms with Crippen molar-refractivity contribution in [1.29, 1.82) is 0 Å². The molecular weight excluding hydrogens is 295 g/mol. The molecule has 0 spiro atoms. The van der Waals surface area contributed by atoms with Gasteiger partial charge in [0.15, 0.2) is 8.32 Å². The zero-order chi connectivity index (χ0) is 15.7. The molecule has 112 valence electrons. The summed E-state index contributed by atoms with van der Waals surface area (Å²) in [6.07, 6.45) is 0. The quantitative estimate of drug-likeness (QED) is 0.508. The molecule has 1 nitrogen and oxygen atoms in total. The van der Waals surface area contributed by atoms with Crippen LogP contribution in [0.4, 0.5) is 0 Å². The van der Waals surface area contributed by atoms with Crippen LogP contribution in [0.25, 0.3) is 0 Å². The average Bonchev–Trinajstić information content (AvgIpc) is 2.08. The summed E-state index contributed by atoms with van der Waals surface area (Å²) in [5.74, 6) is 0. The first-order valence-corrected chi connectivity index (χ1v) is 15.9.